The number of halogens is 1. The maximum Gasteiger partial charge on any atom is 0.109 e. The summed E-state index contributed by atoms with van der Waals surface area (Å²) in [6.07, 6.45) is 1.84. The first-order chi connectivity index (χ1) is 5.43. The fourth-order valence-electron chi connectivity index (χ4n) is 1.32. The van der Waals surface area contributed by atoms with Crippen molar-refractivity contribution >= 4 is 15.9 Å². The van der Waals surface area contributed by atoms with Gasteiger partial charge >= 0.3 is 0 Å². The van der Waals surface area contributed by atoms with Gasteiger partial charge in [-0.2, -0.15) is 0 Å². The molecule has 1 aromatic heterocycles. The minimum absolute atomic E-state index is 0.204. The highest BCUT2D eigenvalue weighted by Gasteiger charge is 2.17. The van der Waals surface area contributed by atoms with E-state index in [4.69, 9.17) is 0 Å². The van der Waals surface area contributed by atoms with E-state index in [2.05, 4.69) is 54.7 Å². The van der Waals surface area contributed by atoms with Gasteiger partial charge in [0.15, 0.2) is 0 Å². The molecule has 0 fully saturated rings. The molecule has 66 valence electrons. The van der Waals surface area contributed by atoms with E-state index >= 15 is 0 Å². The zero-order valence-corrected chi connectivity index (χ0v) is 9.57. The predicted molar refractivity (Wildman–Crippen MR) is 55.4 cm³/mol. The number of hydrogen-bond donors (Lipinski definition) is 0. The third-order valence-electron chi connectivity index (χ3n) is 1.95. The van der Waals surface area contributed by atoms with Gasteiger partial charge in [-0.1, -0.05) is 20.8 Å². The lowest BCUT2D eigenvalue weighted by molar-refractivity contribution is 0.584. The molecule has 0 saturated carbocycles. The molecule has 0 saturated heterocycles. The molecule has 1 aromatic rings. The molecule has 1 rings (SSSR count). The van der Waals surface area contributed by atoms with Crippen molar-refractivity contribution in [3.05, 3.63) is 28.0 Å². The molecule has 12 heavy (non-hydrogen) atoms. The minimum Gasteiger partial charge on any atom is -0.249 e. The molecular weight excluding hydrogens is 214 g/mol. The smallest absolute Gasteiger partial charge is 0.109 e. The van der Waals surface area contributed by atoms with Crippen LogP contribution in [-0.2, 0) is 5.41 Å². The number of pyridine rings is 1. The van der Waals surface area contributed by atoms with Crippen LogP contribution in [0.2, 0.25) is 0 Å². The van der Waals surface area contributed by atoms with Gasteiger partial charge in [0.25, 0.3) is 0 Å². The Hall–Kier alpha value is -0.370. The fraction of sp³-hybridized carbons (Fsp3) is 0.500. The van der Waals surface area contributed by atoms with Gasteiger partial charge in [0.2, 0.25) is 0 Å². The van der Waals surface area contributed by atoms with Crippen LogP contribution in [0.5, 0.6) is 0 Å². The lowest BCUT2D eigenvalue weighted by atomic mass is 9.85. The Morgan fingerprint density at radius 3 is 2.33 bits per heavy atom. The van der Waals surface area contributed by atoms with Gasteiger partial charge < -0.3 is 0 Å². The summed E-state index contributed by atoms with van der Waals surface area (Å²) in [6, 6.07) is 2.08. The molecule has 0 aliphatic carbocycles. The SMILES string of the molecule is Cc1c(C(C)(C)C)ccnc1Br. The van der Waals surface area contributed by atoms with Gasteiger partial charge in [0.05, 0.1) is 0 Å². The second-order valence-electron chi connectivity index (χ2n) is 4.02. The molecule has 0 amide bonds. The first-order valence-electron chi connectivity index (χ1n) is 4.04. The third kappa shape index (κ3) is 1.86. The van der Waals surface area contributed by atoms with E-state index in [0.717, 1.165) is 4.60 Å². The number of rotatable bonds is 0. The Bertz CT molecular complexity index is 286. The van der Waals surface area contributed by atoms with E-state index in [1.54, 1.807) is 0 Å². The summed E-state index contributed by atoms with van der Waals surface area (Å²) >= 11 is 3.43. The van der Waals surface area contributed by atoms with Gasteiger partial charge in [0, 0.05) is 6.20 Å². The summed E-state index contributed by atoms with van der Waals surface area (Å²) < 4.78 is 0.954. The molecule has 0 aliphatic rings. The number of nitrogens with zero attached hydrogens (tertiary/aromatic N) is 1. The molecule has 0 aliphatic heterocycles. The summed E-state index contributed by atoms with van der Waals surface area (Å²) in [4.78, 5) is 4.17. The first-order valence-corrected chi connectivity index (χ1v) is 4.84. The van der Waals surface area contributed by atoms with Gasteiger partial charge in [-0.3, -0.25) is 0 Å². The van der Waals surface area contributed by atoms with Crippen LogP contribution < -0.4 is 0 Å². The molecule has 0 spiro atoms. The largest absolute Gasteiger partial charge is 0.249 e. The molecule has 1 heterocycles. The van der Waals surface area contributed by atoms with Crippen LogP contribution in [0.15, 0.2) is 16.9 Å². The average Bonchev–Trinajstić information content (AvgIpc) is 1.92. The van der Waals surface area contributed by atoms with Gasteiger partial charge in [-0.25, -0.2) is 4.98 Å². The monoisotopic (exact) mass is 227 g/mol. The van der Waals surface area contributed by atoms with Crippen molar-refractivity contribution in [1.82, 2.24) is 4.98 Å². The van der Waals surface area contributed by atoms with Crippen molar-refractivity contribution in [2.75, 3.05) is 0 Å². The van der Waals surface area contributed by atoms with E-state index in [1.165, 1.54) is 11.1 Å². The third-order valence-corrected chi connectivity index (χ3v) is 2.75. The molecule has 0 aromatic carbocycles. The highest BCUT2D eigenvalue weighted by molar-refractivity contribution is 9.10. The summed E-state index contributed by atoms with van der Waals surface area (Å²) in [6.45, 7) is 8.73. The lowest BCUT2D eigenvalue weighted by Gasteiger charge is -2.21. The molecule has 2 heteroatoms. The minimum atomic E-state index is 0.204. The van der Waals surface area contributed by atoms with Crippen LogP contribution in [-0.4, -0.2) is 4.98 Å². The van der Waals surface area contributed by atoms with Crippen molar-refractivity contribution in [3.8, 4) is 0 Å². The zero-order valence-electron chi connectivity index (χ0n) is 7.98. The summed E-state index contributed by atoms with van der Waals surface area (Å²) in [5, 5.41) is 0. The molecule has 0 unspecified atom stereocenters. The average molecular weight is 228 g/mol. The quantitative estimate of drug-likeness (QED) is 0.619. The lowest BCUT2D eigenvalue weighted by Crippen LogP contribution is -2.13. The van der Waals surface area contributed by atoms with Gasteiger partial charge in [-0.05, 0) is 45.5 Å². The molecule has 0 atom stereocenters. The van der Waals surface area contributed by atoms with E-state index < -0.39 is 0 Å². The van der Waals surface area contributed by atoms with Crippen LogP contribution in [0.25, 0.3) is 0 Å². The molecule has 0 radical (unpaired) electrons. The maximum atomic E-state index is 4.17. The van der Waals surface area contributed by atoms with Gasteiger partial charge in [-0.15, -0.1) is 0 Å². The molecule has 1 nitrogen and oxygen atoms in total. The highest BCUT2D eigenvalue weighted by Crippen LogP contribution is 2.28. The summed E-state index contributed by atoms with van der Waals surface area (Å²) in [7, 11) is 0. The first kappa shape index (κ1) is 9.72. The normalized spacial score (nSPS) is 11.8. The summed E-state index contributed by atoms with van der Waals surface area (Å²) in [5.41, 5.74) is 2.80. The maximum absolute atomic E-state index is 4.17. The Morgan fingerprint density at radius 1 is 1.33 bits per heavy atom. The Balaban J connectivity index is 3.26. The molecular formula is C10H14BrN. The van der Waals surface area contributed by atoms with E-state index in [0.29, 0.717) is 0 Å². The second kappa shape index (κ2) is 3.17. The zero-order chi connectivity index (χ0) is 9.35. The topological polar surface area (TPSA) is 12.9 Å². The van der Waals surface area contributed by atoms with Crippen LogP contribution in [0.4, 0.5) is 0 Å². The van der Waals surface area contributed by atoms with Crippen LogP contribution in [0.1, 0.15) is 31.9 Å². The van der Waals surface area contributed by atoms with Crippen molar-refractivity contribution in [2.45, 2.75) is 33.1 Å². The number of hydrogen-bond acceptors (Lipinski definition) is 1. The van der Waals surface area contributed by atoms with Crippen molar-refractivity contribution < 1.29 is 0 Å². The highest BCUT2D eigenvalue weighted by atomic mass is 79.9. The van der Waals surface area contributed by atoms with Crippen molar-refractivity contribution in [2.24, 2.45) is 0 Å². The van der Waals surface area contributed by atoms with Crippen molar-refractivity contribution in [1.29, 1.82) is 0 Å². The van der Waals surface area contributed by atoms with Crippen LogP contribution >= 0.6 is 15.9 Å². The van der Waals surface area contributed by atoms with Crippen LogP contribution in [0.3, 0.4) is 0 Å². The second-order valence-corrected chi connectivity index (χ2v) is 4.78. The predicted octanol–water partition coefficient (Wildman–Crippen LogP) is 3.45. The number of aromatic nitrogens is 1. The Labute approximate surface area is 82.3 Å². The summed E-state index contributed by atoms with van der Waals surface area (Å²) in [5.74, 6) is 0. The van der Waals surface area contributed by atoms with Crippen molar-refractivity contribution in [3.63, 3.8) is 0 Å². The standard InChI is InChI=1S/C10H14BrN/c1-7-8(10(2,3)4)5-6-12-9(7)11/h5-6H,1-4H3. The van der Waals surface area contributed by atoms with Crippen LogP contribution in [0, 0.1) is 6.92 Å². The molecule has 0 N–H and O–H groups in total. The Kier molecular flexibility index (Phi) is 2.57. The van der Waals surface area contributed by atoms with E-state index in [-0.39, 0.29) is 5.41 Å². The fourth-order valence-corrected chi connectivity index (χ4v) is 1.65. The van der Waals surface area contributed by atoms with E-state index in [9.17, 15) is 0 Å². The molecule has 0 bridgehead atoms. The van der Waals surface area contributed by atoms with Gasteiger partial charge in [0.1, 0.15) is 4.60 Å². The Morgan fingerprint density at radius 2 is 1.92 bits per heavy atom. The van der Waals surface area contributed by atoms with E-state index in [1.807, 2.05) is 6.20 Å².